The fourth-order valence-electron chi connectivity index (χ4n) is 5.95. The minimum absolute atomic E-state index is 0.0864. The van der Waals surface area contributed by atoms with Crippen LogP contribution >= 0.6 is 11.6 Å². The predicted octanol–water partition coefficient (Wildman–Crippen LogP) is 6.21. The van der Waals surface area contributed by atoms with Crippen LogP contribution in [0.2, 0.25) is 5.02 Å². The number of aliphatic hydroxyl groups is 1. The molecule has 222 valence electrons. The normalized spacial score (nSPS) is 23.7. The second kappa shape index (κ2) is 11.7. The van der Waals surface area contributed by atoms with Crippen LogP contribution in [0.4, 0.5) is 18.9 Å². The highest BCUT2D eigenvalue weighted by atomic mass is 35.5. The Morgan fingerprint density at radius 1 is 1.07 bits per heavy atom. The first-order chi connectivity index (χ1) is 19.9. The number of aryl methyl sites for hydroxylation is 1. The molecule has 0 radical (unpaired) electrons. The smallest absolute Gasteiger partial charge is 0.255 e. The number of fused-ring (bicyclic) bond motifs is 2. The molecule has 0 saturated heterocycles. The van der Waals surface area contributed by atoms with Gasteiger partial charge in [-0.25, -0.2) is 21.6 Å². The first-order valence-corrected chi connectivity index (χ1v) is 15.2. The summed E-state index contributed by atoms with van der Waals surface area (Å²) in [5, 5.41) is 16.5. The summed E-state index contributed by atoms with van der Waals surface area (Å²) in [4.78, 5) is 17.9. The zero-order valence-corrected chi connectivity index (χ0v) is 24.1. The number of carbonyl (C=O) groups excluding carboxylic acids is 1. The van der Waals surface area contributed by atoms with Gasteiger partial charge in [0.2, 0.25) is 0 Å². The molecule has 2 aliphatic carbocycles. The molecule has 5 rings (SSSR count). The van der Waals surface area contributed by atoms with Crippen molar-refractivity contribution >= 4 is 39.2 Å². The third-order valence-electron chi connectivity index (χ3n) is 7.89. The van der Waals surface area contributed by atoms with Crippen LogP contribution < -0.4 is 5.32 Å². The van der Waals surface area contributed by atoms with Crippen LogP contribution in [0.15, 0.2) is 64.6 Å². The maximum absolute atomic E-state index is 13.9. The Balaban J connectivity index is 1.30. The number of nitrogens with one attached hydrogen (secondary N) is 1. The van der Waals surface area contributed by atoms with Crippen molar-refractivity contribution in [3.63, 3.8) is 0 Å². The SMILES string of the molecule is Cc1ccc(CO/N=C/[C@]2(O)CC3CCC(C2)[C@H]3S(=O)(=O)c2cc(C(=O)Nc3cc(F)c(F)c(F)c3)ccc2Cl)cc1. The van der Waals surface area contributed by atoms with Gasteiger partial charge in [-0.15, -0.1) is 0 Å². The zero-order chi connectivity index (χ0) is 30.2. The molecule has 2 N–H and O–H groups in total. The van der Waals surface area contributed by atoms with Crippen LogP contribution in [0.1, 0.15) is 47.2 Å². The van der Waals surface area contributed by atoms with Gasteiger partial charge in [0.1, 0.15) is 12.2 Å². The molecule has 3 aromatic carbocycles. The number of nitrogens with zero attached hydrogens (tertiary/aromatic N) is 1. The van der Waals surface area contributed by atoms with Crippen LogP contribution in [0, 0.1) is 36.2 Å². The van der Waals surface area contributed by atoms with Gasteiger partial charge in [0.15, 0.2) is 27.3 Å². The second-order valence-electron chi connectivity index (χ2n) is 11.0. The molecule has 2 unspecified atom stereocenters. The lowest BCUT2D eigenvalue weighted by molar-refractivity contribution is 0.0411. The van der Waals surface area contributed by atoms with E-state index in [2.05, 4.69) is 10.5 Å². The van der Waals surface area contributed by atoms with E-state index in [1.807, 2.05) is 31.2 Å². The van der Waals surface area contributed by atoms with E-state index in [1.54, 1.807) is 0 Å². The van der Waals surface area contributed by atoms with Crippen LogP contribution in [0.5, 0.6) is 0 Å². The Hall–Kier alpha value is -3.41. The van der Waals surface area contributed by atoms with Crippen molar-refractivity contribution in [3.05, 3.63) is 93.8 Å². The predicted molar refractivity (Wildman–Crippen MR) is 152 cm³/mol. The number of hydrogen-bond donors (Lipinski definition) is 2. The standard InChI is InChI=1S/C30H28ClF3N2O5S/c1-17-2-4-18(5-3-17)15-41-35-16-30(38)13-20-6-7-21(14-30)28(20)42(39,40)26-10-19(8-9-23(26)31)29(37)36-22-11-24(32)27(34)25(33)12-22/h2-5,8-12,16,20-21,28,38H,6-7,13-15H2,1H3,(H,36,37)/b35-16+/t20?,21?,28-,30-. The molecule has 2 atom stereocenters. The lowest BCUT2D eigenvalue weighted by atomic mass is 9.78. The second-order valence-corrected chi connectivity index (χ2v) is 13.4. The number of rotatable bonds is 8. The number of sulfone groups is 1. The summed E-state index contributed by atoms with van der Waals surface area (Å²) in [5.41, 5.74) is 0.236. The molecule has 0 spiro atoms. The van der Waals surface area contributed by atoms with Crippen LogP contribution in [-0.4, -0.2) is 36.5 Å². The van der Waals surface area contributed by atoms with Gasteiger partial charge in [0.25, 0.3) is 5.91 Å². The molecule has 1 amide bonds. The number of anilines is 1. The molecular formula is C30H28ClF3N2O5S. The van der Waals surface area contributed by atoms with E-state index in [0.717, 1.165) is 17.2 Å². The van der Waals surface area contributed by atoms with E-state index in [1.165, 1.54) is 18.3 Å². The topological polar surface area (TPSA) is 105 Å². The lowest BCUT2D eigenvalue weighted by Crippen LogP contribution is -2.47. The molecule has 2 fully saturated rings. The van der Waals surface area contributed by atoms with Gasteiger partial charge in [-0.05, 0) is 68.2 Å². The number of halogens is 4. The summed E-state index contributed by atoms with van der Waals surface area (Å²) >= 11 is 6.30. The molecule has 0 heterocycles. The molecular weight excluding hydrogens is 593 g/mol. The monoisotopic (exact) mass is 620 g/mol. The van der Waals surface area contributed by atoms with E-state index >= 15 is 0 Å². The number of amides is 1. The van der Waals surface area contributed by atoms with Gasteiger partial charge in [0.05, 0.1) is 21.4 Å². The van der Waals surface area contributed by atoms with Gasteiger partial charge >= 0.3 is 0 Å². The maximum Gasteiger partial charge on any atom is 0.255 e. The minimum Gasteiger partial charge on any atom is -0.391 e. The van der Waals surface area contributed by atoms with E-state index < -0.39 is 44.0 Å². The zero-order valence-electron chi connectivity index (χ0n) is 22.5. The van der Waals surface area contributed by atoms with Gasteiger partial charge < -0.3 is 15.3 Å². The molecule has 42 heavy (non-hydrogen) atoms. The summed E-state index contributed by atoms with van der Waals surface area (Å²) in [6.07, 6.45) is 2.81. The Morgan fingerprint density at radius 3 is 2.31 bits per heavy atom. The van der Waals surface area contributed by atoms with Crippen molar-refractivity contribution in [2.24, 2.45) is 17.0 Å². The van der Waals surface area contributed by atoms with Crippen LogP contribution in [-0.2, 0) is 21.3 Å². The Bertz CT molecular complexity index is 1610. The van der Waals surface area contributed by atoms with Crippen molar-refractivity contribution < 1.29 is 36.3 Å². The first-order valence-electron chi connectivity index (χ1n) is 13.3. The number of benzene rings is 3. The molecule has 3 aromatic rings. The first kappa shape index (κ1) is 30.1. The highest BCUT2D eigenvalue weighted by Crippen LogP contribution is 2.51. The summed E-state index contributed by atoms with van der Waals surface area (Å²) in [7, 11) is -4.06. The molecule has 7 nitrogen and oxygen atoms in total. The van der Waals surface area contributed by atoms with Gasteiger partial charge in [-0.1, -0.05) is 46.6 Å². The van der Waals surface area contributed by atoms with E-state index in [-0.39, 0.29) is 52.5 Å². The van der Waals surface area contributed by atoms with E-state index in [4.69, 9.17) is 16.4 Å². The van der Waals surface area contributed by atoms with Gasteiger partial charge in [-0.3, -0.25) is 4.79 Å². The molecule has 2 bridgehead atoms. The largest absolute Gasteiger partial charge is 0.391 e. The molecule has 2 saturated carbocycles. The quantitative estimate of drug-likeness (QED) is 0.177. The third-order valence-corrected chi connectivity index (χ3v) is 10.8. The summed E-state index contributed by atoms with van der Waals surface area (Å²) < 4.78 is 68.2. The summed E-state index contributed by atoms with van der Waals surface area (Å²) in [6.45, 7) is 2.21. The Morgan fingerprint density at radius 2 is 1.69 bits per heavy atom. The molecule has 0 aromatic heterocycles. The molecule has 2 aliphatic rings. The minimum atomic E-state index is -4.06. The van der Waals surface area contributed by atoms with Crippen molar-refractivity contribution in [3.8, 4) is 0 Å². The van der Waals surface area contributed by atoms with Crippen molar-refractivity contribution in [2.75, 3.05) is 5.32 Å². The molecule has 12 heteroatoms. The lowest BCUT2D eigenvalue weighted by Gasteiger charge is -2.38. The highest BCUT2D eigenvalue weighted by molar-refractivity contribution is 7.92. The number of hydrogen-bond acceptors (Lipinski definition) is 6. The van der Waals surface area contributed by atoms with E-state index in [9.17, 15) is 31.5 Å². The number of carbonyl (C=O) groups is 1. The van der Waals surface area contributed by atoms with Gasteiger partial charge in [0, 0.05) is 23.4 Å². The number of oxime groups is 1. The fraction of sp³-hybridized carbons (Fsp3) is 0.333. The summed E-state index contributed by atoms with van der Waals surface area (Å²) in [5.74, 6) is -6.29. The van der Waals surface area contributed by atoms with Crippen molar-refractivity contribution in [2.45, 2.75) is 55.0 Å². The van der Waals surface area contributed by atoms with Crippen molar-refractivity contribution in [1.29, 1.82) is 0 Å². The average Bonchev–Trinajstić information content (AvgIpc) is 3.24. The highest BCUT2D eigenvalue weighted by Gasteiger charge is 2.54. The van der Waals surface area contributed by atoms with Crippen LogP contribution in [0.25, 0.3) is 0 Å². The van der Waals surface area contributed by atoms with Crippen molar-refractivity contribution in [1.82, 2.24) is 0 Å². The van der Waals surface area contributed by atoms with E-state index in [0.29, 0.717) is 25.0 Å². The molecule has 0 aliphatic heterocycles. The maximum atomic E-state index is 13.9. The Kier molecular flexibility index (Phi) is 8.37. The van der Waals surface area contributed by atoms with Crippen LogP contribution in [0.3, 0.4) is 0 Å². The van der Waals surface area contributed by atoms with Gasteiger partial charge in [-0.2, -0.15) is 0 Å². The third kappa shape index (κ3) is 6.18. The average molecular weight is 621 g/mol. The summed E-state index contributed by atoms with van der Waals surface area (Å²) in [6, 6.07) is 12.6. The Labute approximate surface area is 246 Å². The fourth-order valence-corrected chi connectivity index (χ4v) is 8.80.